The summed E-state index contributed by atoms with van der Waals surface area (Å²) in [5, 5.41) is 3.56. The summed E-state index contributed by atoms with van der Waals surface area (Å²) in [6.07, 6.45) is 6.95. The summed E-state index contributed by atoms with van der Waals surface area (Å²) in [6.45, 7) is 4.39. The van der Waals surface area contributed by atoms with E-state index in [2.05, 4.69) is 39.2 Å². The number of hydrogen-bond acceptors (Lipinski definition) is 2. The van der Waals surface area contributed by atoms with Gasteiger partial charge in [0.05, 0.1) is 5.69 Å². The third-order valence-corrected chi connectivity index (χ3v) is 4.13. The van der Waals surface area contributed by atoms with Crippen molar-refractivity contribution in [3.63, 3.8) is 0 Å². The minimum atomic E-state index is 0.504. The van der Waals surface area contributed by atoms with E-state index in [9.17, 15) is 0 Å². The van der Waals surface area contributed by atoms with E-state index in [1.807, 2.05) is 12.1 Å². The quantitative estimate of drug-likeness (QED) is 0.852. The van der Waals surface area contributed by atoms with Crippen molar-refractivity contribution in [3.8, 4) is 0 Å². The topological polar surface area (TPSA) is 24.9 Å². The molecule has 1 fully saturated rings. The van der Waals surface area contributed by atoms with Crippen molar-refractivity contribution >= 4 is 15.9 Å². The predicted molar refractivity (Wildman–Crippen MR) is 74.8 cm³/mol. The van der Waals surface area contributed by atoms with Gasteiger partial charge in [0.2, 0.25) is 0 Å². The van der Waals surface area contributed by atoms with Gasteiger partial charge in [0, 0.05) is 13.1 Å². The lowest BCUT2D eigenvalue weighted by atomic mass is 9.76. The number of aromatic nitrogens is 1. The molecule has 0 spiro atoms. The second-order valence-corrected chi connectivity index (χ2v) is 6.24. The highest BCUT2D eigenvalue weighted by molar-refractivity contribution is 9.10. The molecule has 0 amide bonds. The fourth-order valence-electron chi connectivity index (χ4n) is 2.62. The molecule has 0 aliphatic heterocycles. The van der Waals surface area contributed by atoms with Crippen LogP contribution >= 0.6 is 15.9 Å². The Morgan fingerprint density at radius 3 is 2.76 bits per heavy atom. The first-order chi connectivity index (χ1) is 8.18. The van der Waals surface area contributed by atoms with Crippen LogP contribution in [0.1, 0.15) is 44.7 Å². The van der Waals surface area contributed by atoms with Gasteiger partial charge in [0.1, 0.15) is 4.60 Å². The van der Waals surface area contributed by atoms with Crippen LogP contribution in [0, 0.1) is 5.41 Å². The molecule has 1 aromatic heterocycles. The second kappa shape index (κ2) is 5.96. The van der Waals surface area contributed by atoms with Crippen molar-refractivity contribution in [1.29, 1.82) is 0 Å². The lowest BCUT2D eigenvalue weighted by molar-refractivity contribution is 0.207. The van der Waals surface area contributed by atoms with Gasteiger partial charge in [-0.15, -0.1) is 0 Å². The van der Waals surface area contributed by atoms with E-state index >= 15 is 0 Å². The SMILES string of the molecule is CC1(CNCc2cccc(Br)n2)CCCCC1. The summed E-state index contributed by atoms with van der Waals surface area (Å²) >= 11 is 3.40. The molecule has 1 aliphatic carbocycles. The number of rotatable bonds is 4. The zero-order chi connectivity index (χ0) is 12.1. The van der Waals surface area contributed by atoms with E-state index in [1.54, 1.807) is 0 Å². The van der Waals surface area contributed by atoms with Crippen molar-refractivity contribution in [2.45, 2.75) is 45.6 Å². The first kappa shape index (κ1) is 13.0. The average Bonchev–Trinajstić information content (AvgIpc) is 2.30. The molecular formula is C14H21BrN2. The maximum Gasteiger partial charge on any atom is 0.106 e. The highest BCUT2D eigenvalue weighted by atomic mass is 79.9. The number of pyridine rings is 1. The molecule has 0 saturated heterocycles. The average molecular weight is 297 g/mol. The van der Waals surface area contributed by atoms with Crippen LogP contribution in [0.3, 0.4) is 0 Å². The first-order valence-electron chi connectivity index (χ1n) is 6.50. The molecule has 0 radical (unpaired) electrons. The molecule has 0 unspecified atom stereocenters. The highest BCUT2D eigenvalue weighted by Gasteiger charge is 2.25. The van der Waals surface area contributed by atoms with Crippen LogP contribution in [0.2, 0.25) is 0 Å². The molecule has 2 rings (SSSR count). The zero-order valence-electron chi connectivity index (χ0n) is 10.5. The van der Waals surface area contributed by atoms with E-state index in [0.29, 0.717) is 5.41 Å². The Kier molecular flexibility index (Phi) is 4.57. The van der Waals surface area contributed by atoms with Gasteiger partial charge in [-0.05, 0) is 46.3 Å². The van der Waals surface area contributed by atoms with Gasteiger partial charge in [0.15, 0.2) is 0 Å². The maximum absolute atomic E-state index is 4.43. The first-order valence-corrected chi connectivity index (χ1v) is 7.29. The van der Waals surface area contributed by atoms with E-state index in [4.69, 9.17) is 0 Å². The lowest BCUT2D eigenvalue weighted by Gasteiger charge is -2.33. The van der Waals surface area contributed by atoms with Crippen LogP contribution in [0.5, 0.6) is 0 Å². The molecule has 94 valence electrons. The summed E-state index contributed by atoms with van der Waals surface area (Å²) in [4.78, 5) is 4.43. The molecular weight excluding hydrogens is 276 g/mol. The number of halogens is 1. The minimum absolute atomic E-state index is 0.504. The van der Waals surface area contributed by atoms with Gasteiger partial charge in [-0.25, -0.2) is 4.98 Å². The molecule has 1 saturated carbocycles. The zero-order valence-corrected chi connectivity index (χ0v) is 12.1. The molecule has 0 bridgehead atoms. The Morgan fingerprint density at radius 2 is 2.06 bits per heavy atom. The third-order valence-electron chi connectivity index (χ3n) is 3.69. The number of hydrogen-bond donors (Lipinski definition) is 1. The van der Waals surface area contributed by atoms with E-state index < -0.39 is 0 Å². The molecule has 2 nitrogen and oxygen atoms in total. The lowest BCUT2D eigenvalue weighted by Crippen LogP contribution is -2.33. The Bertz CT molecular complexity index is 359. The molecule has 3 heteroatoms. The highest BCUT2D eigenvalue weighted by Crippen LogP contribution is 2.34. The van der Waals surface area contributed by atoms with Crippen LogP contribution in [0.15, 0.2) is 22.8 Å². The van der Waals surface area contributed by atoms with E-state index in [-0.39, 0.29) is 0 Å². The van der Waals surface area contributed by atoms with Crippen molar-refractivity contribution in [2.24, 2.45) is 5.41 Å². The van der Waals surface area contributed by atoms with Crippen molar-refractivity contribution in [2.75, 3.05) is 6.54 Å². The molecule has 1 N–H and O–H groups in total. The third kappa shape index (κ3) is 4.07. The van der Waals surface area contributed by atoms with Gasteiger partial charge in [-0.3, -0.25) is 0 Å². The van der Waals surface area contributed by atoms with Gasteiger partial charge in [-0.1, -0.05) is 32.3 Å². The largest absolute Gasteiger partial charge is 0.311 e. The van der Waals surface area contributed by atoms with Crippen LogP contribution in [-0.2, 0) is 6.54 Å². The normalized spacial score (nSPS) is 19.2. The van der Waals surface area contributed by atoms with E-state index in [1.165, 1.54) is 32.1 Å². The van der Waals surface area contributed by atoms with Gasteiger partial charge < -0.3 is 5.32 Å². The molecule has 1 aromatic rings. The van der Waals surface area contributed by atoms with Crippen molar-refractivity contribution in [3.05, 3.63) is 28.5 Å². The number of nitrogens with zero attached hydrogens (tertiary/aromatic N) is 1. The monoisotopic (exact) mass is 296 g/mol. The van der Waals surface area contributed by atoms with Crippen LogP contribution in [0.4, 0.5) is 0 Å². The maximum atomic E-state index is 4.43. The summed E-state index contributed by atoms with van der Waals surface area (Å²) in [5.41, 5.74) is 1.61. The van der Waals surface area contributed by atoms with E-state index in [0.717, 1.165) is 23.4 Å². The van der Waals surface area contributed by atoms with Crippen LogP contribution in [0.25, 0.3) is 0 Å². The predicted octanol–water partition coefficient (Wildman–Crippen LogP) is 3.90. The van der Waals surface area contributed by atoms with Crippen LogP contribution in [-0.4, -0.2) is 11.5 Å². The van der Waals surface area contributed by atoms with Crippen molar-refractivity contribution < 1.29 is 0 Å². The second-order valence-electron chi connectivity index (χ2n) is 5.43. The fourth-order valence-corrected chi connectivity index (χ4v) is 3.00. The van der Waals surface area contributed by atoms with Crippen molar-refractivity contribution in [1.82, 2.24) is 10.3 Å². The van der Waals surface area contributed by atoms with Gasteiger partial charge >= 0.3 is 0 Å². The molecule has 0 aromatic carbocycles. The van der Waals surface area contributed by atoms with Crippen LogP contribution < -0.4 is 5.32 Å². The molecule has 1 heterocycles. The molecule has 1 aliphatic rings. The molecule has 0 atom stereocenters. The summed E-state index contributed by atoms with van der Waals surface area (Å²) < 4.78 is 0.917. The Labute approximate surface area is 112 Å². The Balaban J connectivity index is 1.79. The smallest absolute Gasteiger partial charge is 0.106 e. The fraction of sp³-hybridized carbons (Fsp3) is 0.643. The summed E-state index contributed by atoms with van der Waals surface area (Å²) in [5.74, 6) is 0. The Hall–Kier alpha value is -0.410. The Morgan fingerprint density at radius 1 is 1.29 bits per heavy atom. The van der Waals surface area contributed by atoms with Gasteiger partial charge in [-0.2, -0.15) is 0 Å². The summed E-state index contributed by atoms with van der Waals surface area (Å²) in [6, 6.07) is 6.07. The number of nitrogens with one attached hydrogen (secondary N) is 1. The van der Waals surface area contributed by atoms with Gasteiger partial charge in [0.25, 0.3) is 0 Å². The summed E-state index contributed by atoms with van der Waals surface area (Å²) in [7, 11) is 0. The molecule has 17 heavy (non-hydrogen) atoms. The standard InChI is InChI=1S/C14H21BrN2/c1-14(8-3-2-4-9-14)11-16-10-12-6-5-7-13(15)17-12/h5-7,16H,2-4,8-11H2,1H3. The minimum Gasteiger partial charge on any atom is -0.311 e.